The van der Waals surface area contributed by atoms with E-state index in [0.717, 1.165) is 4.31 Å². The van der Waals surface area contributed by atoms with Gasteiger partial charge in [-0.25, -0.2) is 9.10 Å². The van der Waals surface area contributed by atoms with Crippen LogP contribution in [0.3, 0.4) is 0 Å². The van der Waals surface area contributed by atoms with Crippen molar-refractivity contribution in [3.05, 3.63) is 29.8 Å². The standard InChI is InChI=1S/C9H11N3O3S/c10-7(8(13)14)5-1-3-6(4-2-5)12(16)9(11)15/h1-4,7,16H,10H2,(H2,11,15)(H,13,14). The van der Waals surface area contributed by atoms with Crippen molar-refractivity contribution in [1.82, 2.24) is 0 Å². The summed E-state index contributed by atoms with van der Waals surface area (Å²) in [6.45, 7) is 0. The first-order valence-electron chi connectivity index (χ1n) is 4.30. The smallest absolute Gasteiger partial charge is 0.329 e. The Morgan fingerprint density at radius 3 is 2.19 bits per heavy atom. The molecule has 16 heavy (non-hydrogen) atoms. The van der Waals surface area contributed by atoms with Crippen molar-refractivity contribution in [3.63, 3.8) is 0 Å². The molecule has 0 heterocycles. The molecule has 0 bridgehead atoms. The van der Waals surface area contributed by atoms with Crippen molar-refractivity contribution in [2.75, 3.05) is 4.31 Å². The number of carbonyl (C=O) groups excluding carboxylic acids is 1. The summed E-state index contributed by atoms with van der Waals surface area (Å²) in [6, 6.07) is 4.21. The third-order valence-electron chi connectivity index (χ3n) is 1.97. The topological polar surface area (TPSA) is 110 Å². The average Bonchev–Trinajstić information content (AvgIpc) is 2.27. The number of thiol groups is 1. The Morgan fingerprint density at radius 2 is 1.81 bits per heavy atom. The van der Waals surface area contributed by atoms with Crippen molar-refractivity contribution in [2.45, 2.75) is 6.04 Å². The number of anilines is 1. The van der Waals surface area contributed by atoms with Gasteiger partial charge in [-0.2, -0.15) is 0 Å². The summed E-state index contributed by atoms with van der Waals surface area (Å²) in [5.74, 6) is -1.12. The largest absolute Gasteiger partial charge is 0.480 e. The monoisotopic (exact) mass is 241 g/mol. The van der Waals surface area contributed by atoms with Gasteiger partial charge >= 0.3 is 12.0 Å². The summed E-state index contributed by atoms with van der Waals surface area (Å²) in [5, 5.41) is 8.68. The third kappa shape index (κ3) is 2.65. The molecule has 6 nitrogen and oxygen atoms in total. The van der Waals surface area contributed by atoms with Gasteiger partial charge in [0.1, 0.15) is 6.04 Å². The predicted octanol–water partition coefficient (Wildman–Crippen LogP) is 0.501. The van der Waals surface area contributed by atoms with Gasteiger partial charge in [0.05, 0.1) is 5.69 Å². The molecular formula is C9H11N3O3S. The van der Waals surface area contributed by atoms with Crippen LogP contribution < -0.4 is 15.8 Å². The number of nitrogens with two attached hydrogens (primary N) is 2. The lowest BCUT2D eigenvalue weighted by atomic mass is 10.1. The highest BCUT2D eigenvalue weighted by Crippen LogP contribution is 2.19. The van der Waals surface area contributed by atoms with Crippen LogP contribution in [0, 0.1) is 0 Å². The fourth-order valence-electron chi connectivity index (χ4n) is 1.09. The molecule has 1 rings (SSSR count). The molecule has 5 N–H and O–H groups in total. The van der Waals surface area contributed by atoms with Crippen LogP contribution in [0.1, 0.15) is 11.6 Å². The highest BCUT2D eigenvalue weighted by atomic mass is 32.1. The van der Waals surface area contributed by atoms with E-state index in [2.05, 4.69) is 12.8 Å². The van der Waals surface area contributed by atoms with Crippen LogP contribution in [0.15, 0.2) is 24.3 Å². The highest BCUT2D eigenvalue weighted by Gasteiger charge is 2.14. The van der Waals surface area contributed by atoms with Gasteiger partial charge < -0.3 is 16.6 Å². The second-order valence-electron chi connectivity index (χ2n) is 3.06. The zero-order valence-corrected chi connectivity index (χ0v) is 9.09. The molecule has 0 aliphatic heterocycles. The van der Waals surface area contributed by atoms with E-state index < -0.39 is 18.0 Å². The minimum atomic E-state index is -1.12. The number of carbonyl (C=O) groups is 2. The van der Waals surface area contributed by atoms with E-state index in [0.29, 0.717) is 11.3 Å². The molecule has 1 unspecified atom stereocenters. The van der Waals surface area contributed by atoms with Crippen molar-refractivity contribution >= 4 is 30.5 Å². The molecule has 86 valence electrons. The minimum Gasteiger partial charge on any atom is -0.480 e. The van der Waals surface area contributed by atoms with E-state index in [4.69, 9.17) is 16.6 Å². The molecule has 7 heteroatoms. The molecule has 0 aliphatic rings. The number of benzene rings is 1. The Bertz CT molecular complexity index is 368. The summed E-state index contributed by atoms with van der Waals surface area (Å²) in [4.78, 5) is 21.4. The van der Waals surface area contributed by atoms with Crippen LogP contribution in [0.4, 0.5) is 10.5 Å². The lowest BCUT2D eigenvalue weighted by Gasteiger charge is -2.13. The number of hydrogen-bond donors (Lipinski definition) is 4. The summed E-state index contributed by atoms with van der Waals surface area (Å²) in [5.41, 5.74) is 11.3. The quantitative estimate of drug-likeness (QED) is 0.577. The van der Waals surface area contributed by atoms with Crippen molar-refractivity contribution < 1.29 is 14.7 Å². The van der Waals surface area contributed by atoms with Crippen LogP contribution in [0.25, 0.3) is 0 Å². The molecule has 0 fully saturated rings. The van der Waals surface area contributed by atoms with Crippen LogP contribution in [-0.2, 0) is 4.79 Å². The number of hydrogen-bond acceptors (Lipinski definition) is 4. The number of nitrogens with zero attached hydrogens (tertiary/aromatic N) is 1. The number of primary amides is 1. The van der Waals surface area contributed by atoms with Crippen LogP contribution in [0.2, 0.25) is 0 Å². The van der Waals surface area contributed by atoms with Crippen LogP contribution >= 0.6 is 12.8 Å². The van der Waals surface area contributed by atoms with E-state index in [9.17, 15) is 9.59 Å². The maximum atomic E-state index is 10.8. The second-order valence-corrected chi connectivity index (χ2v) is 3.46. The van der Waals surface area contributed by atoms with Gasteiger partial charge in [0.2, 0.25) is 0 Å². The number of carboxylic acid groups (broad SMARTS) is 1. The Balaban J connectivity index is 2.91. The number of amides is 2. The molecule has 1 atom stereocenters. The van der Waals surface area contributed by atoms with Gasteiger partial charge in [-0.05, 0) is 17.7 Å². The first kappa shape index (κ1) is 12.3. The van der Waals surface area contributed by atoms with E-state index in [1.165, 1.54) is 24.3 Å². The molecule has 0 radical (unpaired) electrons. The van der Waals surface area contributed by atoms with E-state index >= 15 is 0 Å². The summed E-state index contributed by atoms with van der Waals surface area (Å²) >= 11 is 3.85. The van der Waals surface area contributed by atoms with Crippen LogP contribution in [0.5, 0.6) is 0 Å². The van der Waals surface area contributed by atoms with Gasteiger partial charge in [0, 0.05) is 0 Å². The predicted molar refractivity (Wildman–Crippen MR) is 62.1 cm³/mol. The number of aliphatic carboxylic acids is 1. The first-order chi connectivity index (χ1) is 7.43. The molecule has 0 aromatic heterocycles. The summed E-state index contributed by atoms with van der Waals surface area (Å²) in [7, 11) is 0. The van der Waals surface area contributed by atoms with Gasteiger partial charge in [0.25, 0.3) is 0 Å². The fraction of sp³-hybridized carbons (Fsp3) is 0.111. The molecule has 0 spiro atoms. The summed E-state index contributed by atoms with van der Waals surface area (Å²) in [6.07, 6.45) is 0. The first-order valence-corrected chi connectivity index (χ1v) is 4.70. The molecule has 0 saturated heterocycles. The Kier molecular flexibility index (Phi) is 3.75. The molecule has 2 amide bonds. The SMILES string of the molecule is NC(=O)N(S)c1ccc(C(N)C(=O)O)cc1. The number of rotatable bonds is 3. The van der Waals surface area contributed by atoms with Crippen molar-refractivity contribution in [3.8, 4) is 0 Å². The molecular weight excluding hydrogens is 230 g/mol. The zero-order chi connectivity index (χ0) is 12.3. The second kappa shape index (κ2) is 4.86. The molecule has 1 aromatic rings. The highest BCUT2D eigenvalue weighted by molar-refractivity contribution is 7.82. The van der Waals surface area contributed by atoms with Gasteiger partial charge in [0.15, 0.2) is 0 Å². The fourth-order valence-corrected chi connectivity index (χ4v) is 1.23. The number of urea groups is 1. The van der Waals surface area contributed by atoms with E-state index in [-0.39, 0.29) is 0 Å². The maximum absolute atomic E-state index is 10.8. The number of carboxylic acids is 1. The Labute approximate surface area is 97.4 Å². The van der Waals surface area contributed by atoms with Gasteiger partial charge in [-0.15, -0.1) is 0 Å². The zero-order valence-electron chi connectivity index (χ0n) is 8.20. The normalized spacial score (nSPS) is 11.9. The van der Waals surface area contributed by atoms with Crippen LogP contribution in [-0.4, -0.2) is 17.1 Å². The van der Waals surface area contributed by atoms with E-state index in [1.807, 2.05) is 0 Å². The lowest BCUT2D eigenvalue weighted by Crippen LogP contribution is -2.27. The van der Waals surface area contributed by atoms with Crippen molar-refractivity contribution in [2.24, 2.45) is 11.5 Å². The molecule has 0 saturated carbocycles. The van der Waals surface area contributed by atoms with Crippen molar-refractivity contribution in [1.29, 1.82) is 0 Å². The van der Waals surface area contributed by atoms with E-state index in [1.54, 1.807) is 0 Å². The minimum absolute atomic E-state index is 0.433. The van der Waals surface area contributed by atoms with Gasteiger partial charge in [-0.1, -0.05) is 24.9 Å². The van der Waals surface area contributed by atoms with Gasteiger partial charge in [-0.3, -0.25) is 4.79 Å². The third-order valence-corrected chi connectivity index (χ3v) is 2.40. The molecule has 0 aliphatic carbocycles. The molecule has 1 aromatic carbocycles. The summed E-state index contributed by atoms with van der Waals surface area (Å²) < 4.78 is 0.941. The Hall–Kier alpha value is -1.73. The maximum Gasteiger partial charge on any atom is 0.329 e. The Morgan fingerprint density at radius 1 is 1.31 bits per heavy atom. The lowest BCUT2D eigenvalue weighted by molar-refractivity contribution is -0.138. The average molecular weight is 241 g/mol.